The summed E-state index contributed by atoms with van der Waals surface area (Å²) in [5.41, 5.74) is -0.704. The summed E-state index contributed by atoms with van der Waals surface area (Å²) in [6, 6.07) is 0. The van der Waals surface area contributed by atoms with Gasteiger partial charge in [-0.05, 0) is 26.8 Å². The lowest BCUT2D eigenvalue weighted by atomic mass is 10.1. The molecule has 1 aromatic heterocycles. The molecule has 1 heterocycles. The molecule has 0 aliphatic heterocycles. The summed E-state index contributed by atoms with van der Waals surface area (Å²) < 4.78 is 5.19. The highest BCUT2D eigenvalue weighted by atomic mass is 16.5. The standard InChI is InChI=1S/C13H25N3O2/c1-5-7-8-12-14-11(15-18-12)9-16(6-2)10-13(3,4)17/h17H,5-10H2,1-4H3. The van der Waals surface area contributed by atoms with Crippen LogP contribution in [0.3, 0.4) is 0 Å². The van der Waals surface area contributed by atoms with E-state index in [1.807, 2.05) is 0 Å². The number of aliphatic hydroxyl groups is 1. The first kappa shape index (κ1) is 15.1. The van der Waals surface area contributed by atoms with Crippen LogP contribution in [0.15, 0.2) is 4.52 Å². The molecule has 5 heteroatoms. The molecule has 1 N–H and O–H groups in total. The Balaban J connectivity index is 2.51. The van der Waals surface area contributed by atoms with Gasteiger partial charge in [0.1, 0.15) is 0 Å². The molecule has 0 spiro atoms. The zero-order chi connectivity index (χ0) is 13.6. The van der Waals surface area contributed by atoms with Gasteiger partial charge in [0.15, 0.2) is 5.82 Å². The van der Waals surface area contributed by atoms with Crippen molar-refractivity contribution in [3.05, 3.63) is 11.7 Å². The maximum Gasteiger partial charge on any atom is 0.226 e. The second-order valence-electron chi connectivity index (χ2n) is 5.32. The SMILES string of the molecule is CCCCc1nc(CN(CC)CC(C)(C)O)no1. The molecule has 5 nitrogen and oxygen atoms in total. The third kappa shape index (κ3) is 5.60. The van der Waals surface area contributed by atoms with Crippen LogP contribution in [0.4, 0.5) is 0 Å². The van der Waals surface area contributed by atoms with Crippen molar-refractivity contribution in [2.75, 3.05) is 13.1 Å². The van der Waals surface area contributed by atoms with Gasteiger partial charge in [0.25, 0.3) is 0 Å². The fourth-order valence-corrected chi connectivity index (χ4v) is 1.81. The minimum Gasteiger partial charge on any atom is -0.389 e. The molecule has 0 radical (unpaired) electrons. The Morgan fingerprint density at radius 2 is 2.06 bits per heavy atom. The first-order valence-corrected chi connectivity index (χ1v) is 6.70. The lowest BCUT2D eigenvalue weighted by Crippen LogP contribution is -2.38. The third-order valence-electron chi connectivity index (χ3n) is 2.68. The van der Waals surface area contributed by atoms with Gasteiger partial charge in [-0.25, -0.2) is 0 Å². The Hall–Kier alpha value is -0.940. The number of rotatable bonds is 8. The van der Waals surface area contributed by atoms with E-state index in [1.165, 1.54) is 0 Å². The smallest absolute Gasteiger partial charge is 0.226 e. The van der Waals surface area contributed by atoms with Crippen LogP contribution in [-0.2, 0) is 13.0 Å². The monoisotopic (exact) mass is 255 g/mol. The van der Waals surface area contributed by atoms with Gasteiger partial charge >= 0.3 is 0 Å². The van der Waals surface area contributed by atoms with Gasteiger partial charge in [-0.1, -0.05) is 25.4 Å². The van der Waals surface area contributed by atoms with Gasteiger partial charge in [-0.3, -0.25) is 4.90 Å². The van der Waals surface area contributed by atoms with E-state index in [1.54, 1.807) is 13.8 Å². The second-order valence-corrected chi connectivity index (χ2v) is 5.32. The maximum absolute atomic E-state index is 9.81. The number of hydrogen-bond acceptors (Lipinski definition) is 5. The van der Waals surface area contributed by atoms with E-state index >= 15 is 0 Å². The summed E-state index contributed by atoms with van der Waals surface area (Å²) in [5.74, 6) is 1.42. The Bertz CT molecular complexity index is 344. The van der Waals surface area contributed by atoms with Gasteiger partial charge in [-0.2, -0.15) is 4.98 Å². The van der Waals surface area contributed by atoms with E-state index in [0.717, 1.165) is 25.8 Å². The maximum atomic E-state index is 9.81. The number of likely N-dealkylation sites (N-methyl/N-ethyl adjacent to an activating group) is 1. The molecule has 0 aliphatic carbocycles. The van der Waals surface area contributed by atoms with Crippen LogP contribution in [0.25, 0.3) is 0 Å². The van der Waals surface area contributed by atoms with E-state index in [-0.39, 0.29) is 0 Å². The quantitative estimate of drug-likeness (QED) is 0.770. The number of aromatic nitrogens is 2. The summed E-state index contributed by atoms with van der Waals surface area (Å²) in [6.45, 7) is 9.88. The molecular weight excluding hydrogens is 230 g/mol. The van der Waals surface area contributed by atoms with Crippen molar-refractivity contribution in [3.8, 4) is 0 Å². The molecule has 1 aromatic rings. The van der Waals surface area contributed by atoms with Gasteiger partial charge < -0.3 is 9.63 Å². The largest absolute Gasteiger partial charge is 0.389 e. The Kier molecular flexibility index (Phi) is 5.75. The predicted octanol–water partition coefficient (Wildman–Crippen LogP) is 2.01. The van der Waals surface area contributed by atoms with Crippen LogP contribution in [0.5, 0.6) is 0 Å². The van der Waals surface area contributed by atoms with E-state index in [0.29, 0.717) is 24.8 Å². The third-order valence-corrected chi connectivity index (χ3v) is 2.68. The molecule has 0 aliphatic rings. The summed E-state index contributed by atoms with van der Waals surface area (Å²) in [5, 5.41) is 13.8. The zero-order valence-electron chi connectivity index (χ0n) is 11.9. The van der Waals surface area contributed by atoms with Crippen molar-refractivity contribution >= 4 is 0 Å². The first-order chi connectivity index (χ1) is 8.44. The molecule has 0 atom stereocenters. The van der Waals surface area contributed by atoms with Crippen LogP contribution < -0.4 is 0 Å². The molecule has 0 unspecified atom stereocenters. The first-order valence-electron chi connectivity index (χ1n) is 6.70. The summed E-state index contributed by atoms with van der Waals surface area (Å²) in [7, 11) is 0. The second kappa shape index (κ2) is 6.85. The van der Waals surface area contributed by atoms with Crippen molar-refractivity contribution in [1.29, 1.82) is 0 Å². The van der Waals surface area contributed by atoms with Gasteiger partial charge in [0.05, 0.1) is 12.1 Å². The lowest BCUT2D eigenvalue weighted by Gasteiger charge is -2.26. The summed E-state index contributed by atoms with van der Waals surface area (Å²) in [6.07, 6.45) is 3.04. The number of unbranched alkanes of at least 4 members (excludes halogenated alkanes) is 1. The molecular formula is C13H25N3O2. The lowest BCUT2D eigenvalue weighted by molar-refractivity contribution is 0.0343. The van der Waals surface area contributed by atoms with E-state index < -0.39 is 5.60 Å². The fourth-order valence-electron chi connectivity index (χ4n) is 1.81. The van der Waals surface area contributed by atoms with Crippen molar-refractivity contribution in [2.24, 2.45) is 0 Å². The molecule has 0 amide bonds. The number of hydrogen-bond donors (Lipinski definition) is 1. The van der Waals surface area contributed by atoms with E-state index in [2.05, 4.69) is 28.9 Å². The normalized spacial score (nSPS) is 12.3. The molecule has 0 aromatic carbocycles. The van der Waals surface area contributed by atoms with E-state index in [9.17, 15) is 5.11 Å². The van der Waals surface area contributed by atoms with Gasteiger partial charge in [0, 0.05) is 13.0 Å². The molecule has 0 saturated carbocycles. The molecule has 0 fully saturated rings. The fraction of sp³-hybridized carbons (Fsp3) is 0.846. The Labute approximate surface area is 109 Å². The minimum absolute atomic E-state index is 0.600. The average molecular weight is 255 g/mol. The van der Waals surface area contributed by atoms with Crippen molar-refractivity contribution in [3.63, 3.8) is 0 Å². The summed E-state index contributed by atoms with van der Waals surface area (Å²) >= 11 is 0. The molecule has 0 saturated heterocycles. The van der Waals surface area contributed by atoms with Crippen LogP contribution in [0.1, 0.15) is 52.3 Å². The van der Waals surface area contributed by atoms with E-state index in [4.69, 9.17) is 4.52 Å². The van der Waals surface area contributed by atoms with Crippen LogP contribution >= 0.6 is 0 Å². The minimum atomic E-state index is -0.704. The Morgan fingerprint density at radius 1 is 1.33 bits per heavy atom. The highest BCUT2D eigenvalue weighted by molar-refractivity contribution is 4.87. The van der Waals surface area contributed by atoms with Crippen molar-refractivity contribution in [1.82, 2.24) is 15.0 Å². The van der Waals surface area contributed by atoms with Crippen LogP contribution in [0.2, 0.25) is 0 Å². The number of nitrogens with zero attached hydrogens (tertiary/aromatic N) is 3. The Morgan fingerprint density at radius 3 is 2.61 bits per heavy atom. The molecule has 18 heavy (non-hydrogen) atoms. The van der Waals surface area contributed by atoms with Gasteiger partial charge in [-0.15, -0.1) is 0 Å². The van der Waals surface area contributed by atoms with Crippen molar-refractivity contribution < 1.29 is 9.63 Å². The zero-order valence-corrected chi connectivity index (χ0v) is 11.9. The predicted molar refractivity (Wildman–Crippen MR) is 70.2 cm³/mol. The summed E-state index contributed by atoms with van der Waals surface area (Å²) in [4.78, 5) is 6.47. The number of aryl methyl sites for hydroxylation is 1. The highest BCUT2D eigenvalue weighted by Crippen LogP contribution is 2.09. The van der Waals surface area contributed by atoms with Crippen molar-refractivity contribution in [2.45, 2.75) is 59.1 Å². The molecule has 0 bridgehead atoms. The molecule has 1 rings (SSSR count). The van der Waals surface area contributed by atoms with Crippen LogP contribution in [-0.4, -0.2) is 38.8 Å². The van der Waals surface area contributed by atoms with Crippen LogP contribution in [0, 0.1) is 0 Å². The van der Waals surface area contributed by atoms with Gasteiger partial charge in [0.2, 0.25) is 5.89 Å². The molecule has 104 valence electrons. The topological polar surface area (TPSA) is 62.4 Å². The average Bonchev–Trinajstić information content (AvgIpc) is 2.71. The highest BCUT2D eigenvalue weighted by Gasteiger charge is 2.19.